The van der Waals surface area contributed by atoms with Gasteiger partial charge in [0, 0.05) is 29.1 Å². The molecule has 170 valence electrons. The number of ether oxygens (including phenoxy) is 1. The summed E-state index contributed by atoms with van der Waals surface area (Å²) in [5, 5.41) is 11.7. The third-order valence-electron chi connectivity index (χ3n) is 6.54. The maximum atomic E-state index is 11.7. The smallest absolute Gasteiger partial charge is 0.139 e. The highest BCUT2D eigenvalue weighted by molar-refractivity contribution is 5.95. The first kappa shape index (κ1) is 22.0. The minimum atomic E-state index is 0.275. The van der Waals surface area contributed by atoms with Crippen LogP contribution in [0.5, 0.6) is 11.5 Å². The van der Waals surface area contributed by atoms with Crippen molar-refractivity contribution in [3.63, 3.8) is 0 Å². The quantitative estimate of drug-likeness (QED) is 0.303. The minimum absolute atomic E-state index is 0.275. The molecule has 34 heavy (non-hydrogen) atoms. The van der Waals surface area contributed by atoms with E-state index in [9.17, 15) is 5.11 Å². The fourth-order valence-electron chi connectivity index (χ4n) is 4.78. The molecular weight excluding hydrogens is 418 g/mol. The highest BCUT2D eigenvalue weighted by Crippen LogP contribution is 2.51. The Labute approximate surface area is 201 Å². The van der Waals surface area contributed by atoms with Gasteiger partial charge in [0.2, 0.25) is 0 Å². The molecule has 4 aromatic rings. The normalized spacial score (nSPS) is 12.1. The monoisotopic (exact) mass is 447 g/mol. The summed E-state index contributed by atoms with van der Waals surface area (Å²) in [6.45, 7) is 8.39. The Morgan fingerprint density at radius 2 is 1.68 bits per heavy atom. The van der Waals surface area contributed by atoms with Crippen LogP contribution in [-0.2, 0) is 6.42 Å². The van der Waals surface area contributed by atoms with Crippen LogP contribution < -0.4 is 4.74 Å². The number of hydrogen-bond acceptors (Lipinski definition) is 3. The van der Waals surface area contributed by atoms with Gasteiger partial charge >= 0.3 is 0 Å². The molecule has 0 spiro atoms. The number of hydrogen-bond donors (Lipinski definition) is 1. The van der Waals surface area contributed by atoms with Crippen molar-refractivity contribution in [3.05, 3.63) is 96.3 Å². The van der Waals surface area contributed by atoms with E-state index in [0.29, 0.717) is 11.5 Å². The summed E-state index contributed by atoms with van der Waals surface area (Å²) in [4.78, 5) is 4.23. The fraction of sp³-hybridized carbons (Fsp3) is 0.194. The maximum absolute atomic E-state index is 11.7. The van der Waals surface area contributed by atoms with E-state index in [1.807, 2.05) is 24.4 Å². The largest absolute Gasteiger partial charge is 0.506 e. The highest BCUT2D eigenvalue weighted by atomic mass is 16.5. The lowest BCUT2D eigenvalue weighted by molar-refractivity contribution is 0.465. The number of fused-ring (bicyclic) bond motifs is 3. The van der Waals surface area contributed by atoms with Crippen LogP contribution in [0, 0.1) is 6.92 Å². The average molecular weight is 448 g/mol. The molecule has 2 heterocycles. The zero-order valence-electron chi connectivity index (χ0n) is 19.8. The van der Waals surface area contributed by atoms with Crippen molar-refractivity contribution in [2.75, 3.05) is 0 Å². The number of nitrogens with zero attached hydrogens (tertiary/aromatic N) is 1. The molecule has 0 saturated heterocycles. The van der Waals surface area contributed by atoms with E-state index < -0.39 is 0 Å². The average Bonchev–Trinajstić information content (AvgIpc) is 2.85. The lowest BCUT2D eigenvalue weighted by Crippen LogP contribution is -2.06. The molecule has 0 saturated carbocycles. The van der Waals surface area contributed by atoms with Gasteiger partial charge in [-0.25, -0.2) is 0 Å². The molecule has 3 heteroatoms. The fourth-order valence-corrected chi connectivity index (χ4v) is 4.78. The molecule has 0 unspecified atom stereocenters. The lowest BCUT2D eigenvalue weighted by atomic mass is 9.86. The molecule has 0 radical (unpaired) electrons. The highest BCUT2D eigenvalue weighted by Gasteiger charge is 2.27. The van der Waals surface area contributed by atoms with Gasteiger partial charge < -0.3 is 9.84 Å². The SMILES string of the molecule is C=C1Oc2cc(CCCCC)c(-c3ccc(-c4cccnc4)cc3)c(O)c2-c2cc(C)ccc21. The van der Waals surface area contributed by atoms with Gasteiger partial charge in [-0.15, -0.1) is 0 Å². The number of rotatable bonds is 6. The van der Waals surface area contributed by atoms with Gasteiger partial charge in [-0.1, -0.05) is 80.4 Å². The predicted octanol–water partition coefficient (Wildman–Crippen LogP) is 8.19. The number of benzene rings is 3. The molecule has 0 bridgehead atoms. The number of unbranched alkanes of at least 4 members (excludes halogenated alkanes) is 2. The second-order valence-corrected chi connectivity index (χ2v) is 8.98. The van der Waals surface area contributed by atoms with Crippen LogP contribution in [0.1, 0.15) is 42.9 Å². The molecule has 3 aromatic carbocycles. The van der Waals surface area contributed by atoms with Crippen molar-refractivity contribution < 1.29 is 9.84 Å². The molecule has 0 aliphatic carbocycles. The van der Waals surface area contributed by atoms with Crippen LogP contribution in [0.3, 0.4) is 0 Å². The molecule has 1 aliphatic rings. The van der Waals surface area contributed by atoms with E-state index in [-0.39, 0.29) is 5.75 Å². The van der Waals surface area contributed by atoms with Crippen LogP contribution >= 0.6 is 0 Å². The lowest BCUT2D eigenvalue weighted by Gasteiger charge is -2.26. The third-order valence-corrected chi connectivity index (χ3v) is 6.54. The van der Waals surface area contributed by atoms with Gasteiger partial charge in [0.1, 0.15) is 17.3 Å². The van der Waals surface area contributed by atoms with Gasteiger partial charge in [-0.05, 0) is 54.2 Å². The van der Waals surface area contributed by atoms with Crippen molar-refractivity contribution in [3.8, 4) is 44.9 Å². The summed E-state index contributed by atoms with van der Waals surface area (Å²) in [6, 6.07) is 20.6. The Morgan fingerprint density at radius 3 is 2.41 bits per heavy atom. The first-order chi connectivity index (χ1) is 16.6. The van der Waals surface area contributed by atoms with Crippen molar-refractivity contribution in [1.29, 1.82) is 0 Å². The Kier molecular flexibility index (Phi) is 5.93. The molecular formula is C31H29NO2. The first-order valence-electron chi connectivity index (χ1n) is 11.9. The molecule has 0 amide bonds. The molecule has 1 aromatic heterocycles. The summed E-state index contributed by atoms with van der Waals surface area (Å²) in [5.41, 5.74) is 8.93. The van der Waals surface area contributed by atoms with Gasteiger partial charge in [0.15, 0.2) is 0 Å². The van der Waals surface area contributed by atoms with Gasteiger partial charge in [-0.3, -0.25) is 4.98 Å². The number of aryl methyl sites for hydroxylation is 2. The Balaban J connectivity index is 1.67. The van der Waals surface area contributed by atoms with E-state index in [0.717, 1.165) is 75.8 Å². The zero-order chi connectivity index (χ0) is 23.7. The molecule has 0 fully saturated rings. The first-order valence-corrected chi connectivity index (χ1v) is 11.9. The third kappa shape index (κ3) is 3.99. The summed E-state index contributed by atoms with van der Waals surface area (Å²) >= 11 is 0. The molecule has 5 rings (SSSR count). The molecule has 1 N–H and O–H groups in total. The van der Waals surface area contributed by atoms with Crippen LogP contribution in [-0.4, -0.2) is 10.1 Å². The van der Waals surface area contributed by atoms with Crippen molar-refractivity contribution in [1.82, 2.24) is 4.98 Å². The van der Waals surface area contributed by atoms with Gasteiger partial charge in [0.25, 0.3) is 0 Å². The number of phenols is 1. The Bertz CT molecular complexity index is 1350. The number of phenolic OH excluding ortho intramolecular Hbond substituents is 1. The summed E-state index contributed by atoms with van der Waals surface area (Å²) in [5.74, 6) is 1.58. The van der Waals surface area contributed by atoms with Crippen molar-refractivity contribution in [2.45, 2.75) is 39.5 Å². The topological polar surface area (TPSA) is 42.4 Å². The minimum Gasteiger partial charge on any atom is -0.506 e. The van der Waals surface area contributed by atoms with Crippen LogP contribution in [0.25, 0.3) is 39.1 Å². The second kappa shape index (κ2) is 9.18. The van der Waals surface area contributed by atoms with Gasteiger partial charge in [-0.2, -0.15) is 0 Å². The van der Waals surface area contributed by atoms with Crippen LogP contribution in [0.2, 0.25) is 0 Å². The zero-order valence-corrected chi connectivity index (χ0v) is 19.8. The molecule has 0 atom stereocenters. The van der Waals surface area contributed by atoms with E-state index in [1.165, 1.54) is 0 Å². The van der Waals surface area contributed by atoms with E-state index >= 15 is 0 Å². The number of pyridine rings is 1. The summed E-state index contributed by atoms with van der Waals surface area (Å²) in [7, 11) is 0. The number of aromatic hydroxyl groups is 1. The maximum Gasteiger partial charge on any atom is 0.139 e. The Morgan fingerprint density at radius 1 is 0.882 bits per heavy atom. The van der Waals surface area contributed by atoms with Gasteiger partial charge in [0.05, 0.1) is 5.56 Å². The van der Waals surface area contributed by atoms with Crippen LogP contribution in [0.15, 0.2) is 79.6 Å². The summed E-state index contributed by atoms with van der Waals surface area (Å²) in [6.07, 6.45) is 7.88. The van der Waals surface area contributed by atoms with E-state index in [4.69, 9.17) is 4.74 Å². The Hall–Kier alpha value is -3.85. The standard InChI is InChI=1S/C31H29NO2/c1-4-5-6-8-24-18-28-30(27-17-20(2)10-15-26(27)21(3)34-28)31(33)29(24)23-13-11-22(12-14-23)25-9-7-16-32-19-25/h7,9-19,33H,3-6,8H2,1-2H3. The number of aromatic nitrogens is 1. The van der Waals surface area contributed by atoms with E-state index in [1.54, 1.807) is 6.20 Å². The molecule has 3 nitrogen and oxygen atoms in total. The predicted molar refractivity (Wildman–Crippen MR) is 140 cm³/mol. The van der Waals surface area contributed by atoms with Crippen molar-refractivity contribution in [2.24, 2.45) is 0 Å². The second-order valence-electron chi connectivity index (χ2n) is 8.98. The summed E-state index contributed by atoms with van der Waals surface area (Å²) < 4.78 is 6.13. The van der Waals surface area contributed by atoms with Crippen LogP contribution in [0.4, 0.5) is 0 Å². The molecule has 1 aliphatic heterocycles. The van der Waals surface area contributed by atoms with E-state index in [2.05, 4.69) is 67.9 Å². The van der Waals surface area contributed by atoms with Crippen molar-refractivity contribution >= 4 is 5.76 Å².